The second kappa shape index (κ2) is 6.45. The van der Waals surface area contributed by atoms with Gasteiger partial charge in [-0.15, -0.1) is 11.3 Å². The van der Waals surface area contributed by atoms with Gasteiger partial charge in [-0.05, 0) is 37.2 Å². The largest absolute Gasteiger partial charge is 0.316 e. The highest BCUT2D eigenvalue weighted by Gasteiger charge is 2.15. The van der Waals surface area contributed by atoms with Crippen LogP contribution in [0.5, 0.6) is 0 Å². The minimum absolute atomic E-state index is 0.217. The maximum Gasteiger partial charge on any atom is 0.240 e. The van der Waals surface area contributed by atoms with E-state index in [2.05, 4.69) is 15.0 Å². The Morgan fingerprint density at radius 3 is 2.75 bits per heavy atom. The molecular formula is C13H17N3O2S2. The lowest BCUT2D eigenvalue weighted by Crippen LogP contribution is -2.23. The lowest BCUT2D eigenvalue weighted by Gasteiger charge is -2.10. The summed E-state index contributed by atoms with van der Waals surface area (Å²) >= 11 is 1.42. The van der Waals surface area contributed by atoms with Crippen LogP contribution in [0.2, 0.25) is 0 Å². The lowest BCUT2D eigenvalue weighted by molar-refractivity contribution is 0.581. The maximum absolute atomic E-state index is 12.2. The van der Waals surface area contributed by atoms with Crippen LogP contribution in [-0.4, -0.2) is 20.4 Å². The number of aryl methyl sites for hydroxylation is 1. The first-order valence-electron chi connectivity index (χ1n) is 6.15. The van der Waals surface area contributed by atoms with Crippen LogP contribution in [-0.2, 0) is 23.1 Å². The topological polar surface area (TPSA) is 71.1 Å². The molecule has 0 bridgehead atoms. The van der Waals surface area contributed by atoms with E-state index in [1.54, 1.807) is 18.3 Å². The Morgan fingerprint density at radius 1 is 1.30 bits per heavy atom. The summed E-state index contributed by atoms with van der Waals surface area (Å²) in [6.07, 6.45) is 1.66. The molecule has 0 saturated heterocycles. The number of aromatic nitrogens is 1. The van der Waals surface area contributed by atoms with Crippen LogP contribution in [0.4, 0.5) is 0 Å². The molecule has 2 N–H and O–H groups in total. The molecule has 5 nitrogen and oxygen atoms in total. The van der Waals surface area contributed by atoms with Crippen LogP contribution in [0.3, 0.4) is 0 Å². The van der Waals surface area contributed by atoms with Crippen LogP contribution in [0.25, 0.3) is 0 Å². The summed E-state index contributed by atoms with van der Waals surface area (Å²) in [5.41, 5.74) is 2.04. The predicted octanol–water partition coefficient (Wildman–Crippen LogP) is 1.65. The number of nitrogens with one attached hydrogen (secondary N) is 2. The molecule has 0 unspecified atom stereocenters. The van der Waals surface area contributed by atoms with Gasteiger partial charge in [0.15, 0.2) is 0 Å². The van der Waals surface area contributed by atoms with Crippen molar-refractivity contribution in [1.29, 1.82) is 0 Å². The predicted molar refractivity (Wildman–Crippen MR) is 80.1 cm³/mol. The molecule has 2 rings (SSSR count). The van der Waals surface area contributed by atoms with E-state index in [0.717, 1.165) is 16.1 Å². The van der Waals surface area contributed by atoms with Gasteiger partial charge >= 0.3 is 0 Å². The smallest absolute Gasteiger partial charge is 0.240 e. The number of benzene rings is 1. The van der Waals surface area contributed by atoms with E-state index in [-0.39, 0.29) is 11.4 Å². The number of hydrogen-bond donors (Lipinski definition) is 2. The van der Waals surface area contributed by atoms with Crippen molar-refractivity contribution in [2.45, 2.75) is 24.9 Å². The summed E-state index contributed by atoms with van der Waals surface area (Å²) in [7, 11) is -1.67. The van der Waals surface area contributed by atoms with Crippen molar-refractivity contribution >= 4 is 21.4 Å². The minimum atomic E-state index is -3.51. The number of hydrogen-bond acceptors (Lipinski definition) is 5. The number of thiazole rings is 1. The number of nitrogens with zero attached hydrogens (tertiary/aromatic N) is 1. The molecule has 0 amide bonds. The molecule has 0 spiro atoms. The highest BCUT2D eigenvalue weighted by atomic mass is 32.2. The van der Waals surface area contributed by atoms with Gasteiger partial charge in [0.25, 0.3) is 0 Å². The summed E-state index contributed by atoms with van der Waals surface area (Å²) in [5.74, 6) is 0. The number of rotatable bonds is 6. The molecule has 20 heavy (non-hydrogen) atoms. The van der Waals surface area contributed by atoms with Gasteiger partial charge in [-0.3, -0.25) is 0 Å². The molecule has 0 aliphatic rings. The van der Waals surface area contributed by atoms with Gasteiger partial charge in [0.1, 0.15) is 5.01 Å². The molecule has 2 aromatic rings. The molecule has 0 aliphatic carbocycles. The molecule has 0 aliphatic heterocycles. The zero-order valence-electron chi connectivity index (χ0n) is 11.4. The molecule has 1 heterocycles. The molecule has 108 valence electrons. The summed E-state index contributed by atoms with van der Waals surface area (Å²) in [6.45, 7) is 2.82. The van der Waals surface area contributed by atoms with Gasteiger partial charge in [0.2, 0.25) is 10.0 Å². The van der Waals surface area contributed by atoms with Crippen LogP contribution < -0.4 is 10.0 Å². The summed E-state index contributed by atoms with van der Waals surface area (Å²) in [5, 5.41) is 5.60. The highest BCUT2D eigenvalue weighted by Crippen LogP contribution is 2.16. The average molecular weight is 311 g/mol. The minimum Gasteiger partial charge on any atom is -0.316 e. The average Bonchev–Trinajstić information content (AvgIpc) is 2.92. The molecule has 1 aromatic heterocycles. The fourth-order valence-electron chi connectivity index (χ4n) is 1.78. The zero-order valence-corrected chi connectivity index (χ0v) is 13.0. The van der Waals surface area contributed by atoms with E-state index in [0.29, 0.717) is 6.54 Å². The normalized spacial score (nSPS) is 11.7. The molecule has 0 fully saturated rings. The Bertz CT molecular complexity index is 667. The molecule has 1 aromatic carbocycles. The standard InChI is InChI=1S/C13H17N3O2S2/c1-10-3-4-12(7-11(10)8-14-2)20(17,18)16-9-13-15-5-6-19-13/h3-7,14,16H,8-9H2,1-2H3. The Hall–Kier alpha value is -1.28. The van der Waals surface area contributed by atoms with Crippen molar-refractivity contribution < 1.29 is 8.42 Å². The third-order valence-corrected chi connectivity index (χ3v) is 5.07. The van der Waals surface area contributed by atoms with Crippen molar-refractivity contribution in [3.63, 3.8) is 0 Å². The van der Waals surface area contributed by atoms with Gasteiger partial charge in [-0.25, -0.2) is 18.1 Å². The first kappa shape index (κ1) is 15.1. The zero-order chi connectivity index (χ0) is 14.6. The quantitative estimate of drug-likeness (QED) is 0.851. The molecule has 0 radical (unpaired) electrons. The van der Waals surface area contributed by atoms with Crippen LogP contribution >= 0.6 is 11.3 Å². The second-order valence-electron chi connectivity index (χ2n) is 4.37. The van der Waals surface area contributed by atoms with E-state index in [1.807, 2.05) is 25.4 Å². The summed E-state index contributed by atoms with van der Waals surface area (Å²) < 4.78 is 27.0. The lowest BCUT2D eigenvalue weighted by atomic mass is 10.1. The number of sulfonamides is 1. The second-order valence-corrected chi connectivity index (χ2v) is 7.12. The van der Waals surface area contributed by atoms with Crippen molar-refractivity contribution in [2.24, 2.45) is 0 Å². The van der Waals surface area contributed by atoms with E-state index >= 15 is 0 Å². The monoisotopic (exact) mass is 311 g/mol. The van der Waals surface area contributed by atoms with Crippen LogP contribution in [0.15, 0.2) is 34.7 Å². The summed E-state index contributed by atoms with van der Waals surface area (Å²) in [6, 6.07) is 5.15. The van der Waals surface area contributed by atoms with Gasteiger partial charge in [0, 0.05) is 18.1 Å². The first-order valence-corrected chi connectivity index (χ1v) is 8.51. The highest BCUT2D eigenvalue weighted by molar-refractivity contribution is 7.89. The third kappa shape index (κ3) is 3.63. The van der Waals surface area contributed by atoms with Gasteiger partial charge in [-0.2, -0.15) is 0 Å². The van der Waals surface area contributed by atoms with Crippen LogP contribution in [0.1, 0.15) is 16.1 Å². The molecule has 0 saturated carbocycles. The molecule has 0 atom stereocenters. The van der Waals surface area contributed by atoms with E-state index in [4.69, 9.17) is 0 Å². The van der Waals surface area contributed by atoms with Gasteiger partial charge in [0.05, 0.1) is 11.4 Å². The van der Waals surface area contributed by atoms with Crippen molar-refractivity contribution in [1.82, 2.24) is 15.0 Å². The molecular weight excluding hydrogens is 294 g/mol. The van der Waals surface area contributed by atoms with Crippen molar-refractivity contribution in [2.75, 3.05) is 7.05 Å². The Morgan fingerprint density at radius 2 is 2.10 bits per heavy atom. The van der Waals surface area contributed by atoms with Crippen molar-refractivity contribution in [3.8, 4) is 0 Å². The van der Waals surface area contributed by atoms with Gasteiger partial charge < -0.3 is 5.32 Å². The first-order chi connectivity index (χ1) is 9.53. The van der Waals surface area contributed by atoms with E-state index in [1.165, 1.54) is 11.3 Å². The maximum atomic E-state index is 12.2. The van der Waals surface area contributed by atoms with E-state index < -0.39 is 10.0 Å². The summed E-state index contributed by atoms with van der Waals surface area (Å²) in [4.78, 5) is 4.34. The van der Waals surface area contributed by atoms with Gasteiger partial charge in [-0.1, -0.05) is 6.07 Å². The fraction of sp³-hybridized carbons (Fsp3) is 0.308. The Kier molecular flexibility index (Phi) is 4.87. The molecule has 7 heteroatoms. The van der Waals surface area contributed by atoms with Crippen molar-refractivity contribution in [3.05, 3.63) is 45.9 Å². The third-order valence-electron chi connectivity index (χ3n) is 2.90. The van der Waals surface area contributed by atoms with Crippen LogP contribution in [0, 0.1) is 6.92 Å². The fourth-order valence-corrected chi connectivity index (χ4v) is 3.46. The Balaban J connectivity index is 2.18. The Labute approximate surface area is 123 Å². The SMILES string of the molecule is CNCc1cc(S(=O)(=O)NCc2nccs2)ccc1C. The van der Waals surface area contributed by atoms with E-state index in [9.17, 15) is 8.42 Å².